The first-order chi connectivity index (χ1) is 13.8. The first-order valence-corrected chi connectivity index (χ1v) is 8.67. The van der Waals surface area contributed by atoms with Crippen molar-refractivity contribution >= 4 is 17.5 Å². The summed E-state index contributed by atoms with van der Waals surface area (Å²) in [6.45, 7) is -0.477. The van der Waals surface area contributed by atoms with E-state index in [0.29, 0.717) is 11.8 Å². The molecule has 30 heavy (non-hydrogen) atoms. The van der Waals surface area contributed by atoms with Crippen molar-refractivity contribution in [2.45, 2.75) is 25.3 Å². The number of benzene rings is 1. The van der Waals surface area contributed by atoms with Gasteiger partial charge in [0.1, 0.15) is 11.5 Å². The van der Waals surface area contributed by atoms with E-state index in [2.05, 4.69) is 15.0 Å². The number of amides is 1. The van der Waals surface area contributed by atoms with Gasteiger partial charge in [-0.05, 0) is 37.3 Å². The van der Waals surface area contributed by atoms with Gasteiger partial charge in [0, 0.05) is 0 Å². The lowest BCUT2D eigenvalue weighted by Gasteiger charge is -2.15. The maximum absolute atomic E-state index is 12.8. The molecule has 1 N–H and O–H groups in total. The second kappa shape index (κ2) is 9.41. The summed E-state index contributed by atoms with van der Waals surface area (Å²) >= 11 is 5.51. The lowest BCUT2D eigenvalue weighted by atomic mass is 10.2. The van der Waals surface area contributed by atoms with E-state index in [1.54, 1.807) is 6.92 Å². The van der Waals surface area contributed by atoms with Gasteiger partial charge in [-0.2, -0.15) is 26.3 Å². The van der Waals surface area contributed by atoms with Gasteiger partial charge in [-0.1, -0.05) is 11.6 Å². The van der Waals surface area contributed by atoms with Crippen molar-refractivity contribution in [1.82, 2.24) is 10.3 Å². The Balaban J connectivity index is 1.89. The molecule has 0 fully saturated rings. The Hall–Kier alpha value is -2.69. The van der Waals surface area contributed by atoms with Crippen LogP contribution in [0.25, 0.3) is 0 Å². The Kier molecular flexibility index (Phi) is 7.40. The maximum Gasteiger partial charge on any atom is 0.422 e. The van der Waals surface area contributed by atoms with Gasteiger partial charge in [0.05, 0.1) is 28.5 Å². The van der Waals surface area contributed by atoms with Crippen LogP contribution in [-0.4, -0.2) is 30.3 Å². The van der Waals surface area contributed by atoms with Gasteiger partial charge in [-0.25, -0.2) is 0 Å². The number of halogens is 7. The normalized spacial score (nSPS) is 12.9. The molecule has 1 heterocycles. The van der Waals surface area contributed by atoms with Crippen molar-refractivity contribution in [3.05, 3.63) is 52.8 Å². The number of carbonyl (C=O) groups excluding carboxylic acids is 1. The van der Waals surface area contributed by atoms with E-state index in [9.17, 15) is 31.1 Å². The Morgan fingerprint density at radius 1 is 1.10 bits per heavy atom. The molecule has 0 spiro atoms. The number of pyridine rings is 1. The van der Waals surface area contributed by atoms with E-state index in [4.69, 9.17) is 16.3 Å². The quantitative estimate of drug-likeness (QED) is 0.599. The van der Waals surface area contributed by atoms with E-state index >= 15 is 0 Å². The molecule has 0 aliphatic carbocycles. The number of hydrogen-bond acceptors (Lipinski definition) is 4. The van der Waals surface area contributed by atoms with Crippen LogP contribution >= 0.6 is 11.6 Å². The minimum absolute atomic E-state index is 0.0962. The molecule has 0 radical (unpaired) electrons. The number of nitrogens with zero attached hydrogens (tertiary/aromatic N) is 1. The van der Waals surface area contributed by atoms with Crippen molar-refractivity contribution in [2.24, 2.45) is 0 Å². The van der Waals surface area contributed by atoms with Crippen molar-refractivity contribution < 1.29 is 40.6 Å². The fourth-order valence-corrected chi connectivity index (χ4v) is 2.44. The molecule has 0 aliphatic heterocycles. The summed E-state index contributed by atoms with van der Waals surface area (Å²) in [4.78, 5) is 15.9. The number of carbonyl (C=O) groups is 1. The number of rotatable bonds is 7. The van der Waals surface area contributed by atoms with Gasteiger partial charge in [-0.15, -0.1) is 0 Å². The predicted octanol–water partition coefficient (Wildman–Crippen LogP) is 4.95. The van der Waals surface area contributed by atoms with Crippen molar-refractivity contribution in [1.29, 1.82) is 0 Å². The monoisotopic (exact) mass is 456 g/mol. The molecule has 0 saturated carbocycles. The minimum Gasteiger partial charge on any atom is -0.484 e. The fourth-order valence-electron chi connectivity index (χ4n) is 2.22. The third-order valence-electron chi connectivity index (χ3n) is 3.60. The summed E-state index contributed by atoms with van der Waals surface area (Å²) in [7, 11) is 0. The van der Waals surface area contributed by atoms with Crippen LogP contribution in [0.1, 0.15) is 24.2 Å². The van der Waals surface area contributed by atoms with Crippen LogP contribution in [0, 0.1) is 0 Å². The lowest BCUT2D eigenvalue weighted by Crippen LogP contribution is -2.31. The second-order valence-corrected chi connectivity index (χ2v) is 6.45. The van der Waals surface area contributed by atoms with Crippen LogP contribution in [0.5, 0.6) is 11.5 Å². The Morgan fingerprint density at radius 3 is 2.33 bits per heavy atom. The topological polar surface area (TPSA) is 60.5 Å². The molecule has 1 amide bonds. The van der Waals surface area contributed by atoms with Crippen molar-refractivity contribution in [2.75, 3.05) is 13.2 Å². The van der Waals surface area contributed by atoms with Crippen LogP contribution in [0.3, 0.4) is 0 Å². The SMILES string of the molecule is C[C@H](NC(=O)COc1ccc(Cl)c(C(F)(F)F)c1)c1ccc(OCC(F)(F)F)cn1. The van der Waals surface area contributed by atoms with E-state index < -0.39 is 48.1 Å². The number of nitrogens with one attached hydrogen (secondary N) is 1. The summed E-state index contributed by atoms with van der Waals surface area (Å²) < 4.78 is 84.4. The molecule has 0 bridgehead atoms. The zero-order chi connectivity index (χ0) is 22.5. The number of aromatic nitrogens is 1. The average molecular weight is 457 g/mol. The summed E-state index contributed by atoms with van der Waals surface area (Å²) in [6.07, 6.45) is -8.08. The fraction of sp³-hybridized carbons (Fsp3) is 0.333. The summed E-state index contributed by atoms with van der Waals surface area (Å²) in [5.74, 6) is -0.940. The van der Waals surface area contributed by atoms with Crippen molar-refractivity contribution in [3.8, 4) is 11.5 Å². The zero-order valence-corrected chi connectivity index (χ0v) is 16.0. The lowest BCUT2D eigenvalue weighted by molar-refractivity contribution is -0.153. The molecule has 5 nitrogen and oxygen atoms in total. The smallest absolute Gasteiger partial charge is 0.422 e. The number of ether oxygens (including phenoxy) is 2. The van der Waals surface area contributed by atoms with Crippen LogP contribution < -0.4 is 14.8 Å². The molecule has 2 aromatic rings. The van der Waals surface area contributed by atoms with Gasteiger partial charge < -0.3 is 14.8 Å². The number of hydrogen-bond donors (Lipinski definition) is 1. The summed E-state index contributed by atoms with van der Waals surface area (Å²) in [5, 5.41) is 2.00. The van der Waals surface area contributed by atoms with E-state index in [1.165, 1.54) is 18.2 Å². The van der Waals surface area contributed by atoms with E-state index in [0.717, 1.165) is 12.3 Å². The molecule has 1 aromatic carbocycles. The molecule has 164 valence electrons. The third kappa shape index (κ3) is 7.29. The molecule has 0 saturated heterocycles. The highest BCUT2D eigenvalue weighted by Gasteiger charge is 2.33. The Morgan fingerprint density at radius 2 is 1.77 bits per heavy atom. The molecular weight excluding hydrogens is 442 g/mol. The summed E-state index contributed by atoms with van der Waals surface area (Å²) in [6, 6.07) is 4.86. The molecule has 0 aliphatic rings. The van der Waals surface area contributed by atoms with Crippen LogP contribution in [0.15, 0.2) is 36.5 Å². The zero-order valence-electron chi connectivity index (χ0n) is 15.3. The molecule has 2 rings (SSSR count). The average Bonchev–Trinajstić information content (AvgIpc) is 2.64. The molecule has 1 atom stereocenters. The molecular formula is C18H15ClF6N2O3. The van der Waals surface area contributed by atoms with E-state index in [1.807, 2.05) is 0 Å². The van der Waals surface area contributed by atoms with Crippen LogP contribution in [0.4, 0.5) is 26.3 Å². The summed E-state index contributed by atoms with van der Waals surface area (Å²) in [5.41, 5.74) is -0.763. The first kappa shape index (κ1) is 23.6. The molecule has 1 aromatic heterocycles. The highest BCUT2D eigenvalue weighted by molar-refractivity contribution is 6.31. The van der Waals surface area contributed by atoms with Gasteiger partial charge in [-0.3, -0.25) is 9.78 Å². The first-order valence-electron chi connectivity index (χ1n) is 8.29. The maximum atomic E-state index is 12.8. The second-order valence-electron chi connectivity index (χ2n) is 6.04. The van der Waals surface area contributed by atoms with Crippen LogP contribution in [0.2, 0.25) is 5.02 Å². The molecule has 0 unspecified atom stereocenters. The van der Waals surface area contributed by atoms with Crippen molar-refractivity contribution in [3.63, 3.8) is 0 Å². The highest BCUT2D eigenvalue weighted by Crippen LogP contribution is 2.36. The van der Waals surface area contributed by atoms with Gasteiger partial charge in [0.2, 0.25) is 0 Å². The number of alkyl halides is 6. The Bertz CT molecular complexity index is 872. The van der Waals surface area contributed by atoms with Crippen LogP contribution in [-0.2, 0) is 11.0 Å². The Labute approximate surface area is 171 Å². The predicted molar refractivity (Wildman–Crippen MR) is 94.3 cm³/mol. The third-order valence-corrected chi connectivity index (χ3v) is 3.93. The van der Waals surface area contributed by atoms with Gasteiger partial charge in [0.25, 0.3) is 5.91 Å². The van der Waals surface area contributed by atoms with Gasteiger partial charge >= 0.3 is 12.4 Å². The minimum atomic E-state index is -4.67. The molecule has 12 heteroatoms. The van der Waals surface area contributed by atoms with E-state index in [-0.39, 0.29) is 11.5 Å². The van der Waals surface area contributed by atoms with Gasteiger partial charge in [0.15, 0.2) is 13.2 Å². The largest absolute Gasteiger partial charge is 0.484 e. The highest BCUT2D eigenvalue weighted by atomic mass is 35.5. The standard InChI is InChI=1S/C18H15ClF6N2O3/c1-10(15-5-3-12(7-26-15)30-9-17(20,21)22)27-16(28)8-29-11-2-4-14(19)13(6-11)18(23,24)25/h2-7,10H,8-9H2,1H3,(H,27,28)/t10-/m0/s1.